The van der Waals surface area contributed by atoms with E-state index in [1.165, 1.54) is 6.07 Å². The molecule has 0 spiro atoms. The van der Waals surface area contributed by atoms with Gasteiger partial charge in [0.15, 0.2) is 0 Å². The van der Waals surface area contributed by atoms with E-state index in [0.29, 0.717) is 48.4 Å². The van der Waals surface area contributed by atoms with Crippen molar-refractivity contribution in [1.29, 1.82) is 0 Å². The van der Waals surface area contributed by atoms with Crippen LogP contribution in [0.1, 0.15) is 83.8 Å². The zero-order valence-corrected chi connectivity index (χ0v) is 29.0. The molecule has 46 heavy (non-hydrogen) atoms. The predicted octanol–water partition coefficient (Wildman–Crippen LogP) is 6.13. The topological polar surface area (TPSA) is 123 Å². The van der Waals surface area contributed by atoms with Crippen LogP contribution in [-0.4, -0.2) is 55.5 Å². The van der Waals surface area contributed by atoms with Crippen molar-refractivity contribution in [2.45, 2.75) is 108 Å². The first kappa shape index (κ1) is 36.1. The van der Waals surface area contributed by atoms with Crippen molar-refractivity contribution in [3.63, 3.8) is 0 Å². The van der Waals surface area contributed by atoms with Gasteiger partial charge in [0.2, 0.25) is 5.91 Å². The molecule has 2 aromatic rings. The van der Waals surface area contributed by atoms with E-state index in [4.69, 9.17) is 33.7 Å². The van der Waals surface area contributed by atoms with E-state index in [9.17, 15) is 14.4 Å². The molecule has 1 aliphatic heterocycles. The Balaban J connectivity index is 1.72. The molecule has 5 atom stereocenters. The van der Waals surface area contributed by atoms with Gasteiger partial charge >= 0.3 is 5.97 Å². The Bertz CT molecular complexity index is 1430. The molecule has 1 amide bonds. The highest BCUT2D eigenvalue weighted by atomic mass is 35.5. The fourth-order valence-electron chi connectivity index (χ4n) is 7.01. The van der Waals surface area contributed by atoms with E-state index < -0.39 is 41.2 Å². The number of nitrogens with two attached hydrogens (primary N) is 1. The standard InChI is InChI=1S/C35H47Cl2FN4O4/c1-19(2)30(39)33(45)46-22-13-11-21(12-14-22)41-32(44)31-28(23-8-7-9-25(37)29(23)38)35(18-43,27(42-31)17-34(3,4)5)24-15-10-20(36)16-26(24)40-6/h7-10,15-16,18-19,21-22,27-28,30-31,40,42H,11-14,17,39H2,1-6H3,(H,41,44). The van der Waals surface area contributed by atoms with Crippen molar-refractivity contribution in [2.75, 3.05) is 12.4 Å². The van der Waals surface area contributed by atoms with Gasteiger partial charge in [-0.2, -0.15) is 0 Å². The Labute approximate surface area is 281 Å². The third kappa shape index (κ3) is 7.53. The van der Waals surface area contributed by atoms with Gasteiger partial charge in [0.1, 0.15) is 24.2 Å². The number of halogens is 3. The summed E-state index contributed by atoms with van der Waals surface area (Å²) in [6.07, 6.45) is 3.44. The number of anilines is 1. The summed E-state index contributed by atoms with van der Waals surface area (Å²) >= 11 is 12.7. The van der Waals surface area contributed by atoms with Gasteiger partial charge in [-0.1, -0.05) is 76.0 Å². The van der Waals surface area contributed by atoms with E-state index in [1.54, 1.807) is 37.4 Å². The fraction of sp³-hybridized carbons (Fsp3) is 0.571. The van der Waals surface area contributed by atoms with Crippen LogP contribution in [0.5, 0.6) is 0 Å². The number of ether oxygens (including phenoxy) is 1. The minimum Gasteiger partial charge on any atom is -0.461 e. The highest BCUT2D eigenvalue weighted by Crippen LogP contribution is 2.53. The monoisotopic (exact) mass is 676 g/mol. The molecule has 4 rings (SSSR count). The smallest absolute Gasteiger partial charge is 0.323 e. The van der Waals surface area contributed by atoms with Crippen LogP contribution in [0.4, 0.5) is 10.1 Å². The molecule has 5 unspecified atom stereocenters. The van der Waals surface area contributed by atoms with Crippen molar-refractivity contribution in [2.24, 2.45) is 17.1 Å². The summed E-state index contributed by atoms with van der Waals surface area (Å²) in [6, 6.07) is 7.52. The molecule has 1 aliphatic carbocycles. The number of carbonyl (C=O) groups is 3. The first-order chi connectivity index (χ1) is 21.6. The summed E-state index contributed by atoms with van der Waals surface area (Å²) in [5, 5.41) is 10.2. The first-order valence-electron chi connectivity index (χ1n) is 16.0. The van der Waals surface area contributed by atoms with Crippen molar-refractivity contribution >= 4 is 47.1 Å². The summed E-state index contributed by atoms with van der Waals surface area (Å²) in [6.45, 7) is 9.93. The van der Waals surface area contributed by atoms with Crippen LogP contribution in [0, 0.1) is 17.2 Å². The zero-order chi connectivity index (χ0) is 34.0. The summed E-state index contributed by atoms with van der Waals surface area (Å²) in [7, 11) is 1.73. The third-order valence-corrected chi connectivity index (χ3v) is 9.95. The molecule has 1 saturated carbocycles. The molecule has 2 aromatic carbocycles. The predicted molar refractivity (Wildman–Crippen MR) is 181 cm³/mol. The number of amides is 1. The van der Waals surface area contributed by atoms with Gasteiger partial charge in [0, 0.05) is 35.8 Å². The lowest BCUT2D eigenvalue weighted by Gasteiger charge is -2.39. The van der Waals surface area contributed by atoms with Crippen LogP contribution in [-0.2, 0) is 24.5 Å². The van der Waals surface area contributed by atoms with E-state index in [2.05, 4.69) is 36.7 Å². The van der Waals surface area contributed by atoms with Crippen molar-refractivity contribution in [1.82, 2.24) is 10.6 Å². The summed E-state index contributed by atoms with van der Waals surface area (Å²) in [5.74, 6) is -2.40. The minimum atomic E-state index is -1.37. The Kier molecular flexibility index (Phi) is 11.5. The van der Waals surface area contributed by atoms with E-state index in [-0.39, 0.29) is 40.0 Å². The minimum absolute atomic E-state index is 0.0306. The van der Waals surface area contributed by atoms with Crippen LogP contribution in [0.15, 0.2) is 36.4 Å². The number of hydrogen-bond acceptors (Lipinski definition) is 7. The highest BCUT2D eigenvalue weighted by Gasteiger charge is 2.60. The quantitative estimate of drug-likeness (QED) is 0.177. The van der Waals surface area contributed by atoms with Gasteiger partial charge in [0.25, 0.3) is 0 Å². The van der Waals surface area contributed by atoms with Crippen molar-refractivity contribution in [3.8, 4) is 0 Å². The first-order valence-corrected chi connectivity index (χ1v) is 16.8. The molecular weight excluding hydrogens is 630 g/mol. The number of carbonyl (C=O) groups excluding carboxylic acids is 3. The number of hydrogen-bond donors (Lipinski definition) is 4. The SMILES string of the molecule is CNc1cc(Cl)ccc1C1(C=O)C(CC(C)(C)C)NC(C(=O)NC2CCC(OC(=O)C(N)C(C)C)CC2)C1c1cccc(Cl)c1F. The molecular formula is C35H47Cl2FN4O4. The molecule has 8 nitrogen and oxygen atoms in total. The maximum atomic E-state index is 16.0. The molecule has 5 N–H and O–H groups in total. The maximum Gasteiger partial charge on any atom is 0.323 e. The molecule has 0 radical (unpaired) electrons. The molecule has 1 heterocycles. The summed E-state index contributed by atoms with van der Waals surface area (Å²) in [4.78, 5) is 40.4. The van der Waals surface area contributed by atoms with E-state index >= 15 is 4.39 Å². The van der Waals surface area contributed by atoms with Crippen LogP contribution in [0.2, 0.25) is 10.0 Å². The lowest BCUT2D eigenvalue weighted by atomic mass is 9.62. The van der Waals surface area contributed by atoms with Gasteiger partial charge in [-0.25, -0.2) is 4.39 Å². The fourth-order valence-corrected chi connectivity index (χ4v) is 7.37. The Morgan fingerprint density at radius 1 is 1.15 bits per heavy atom. The Hall–Kier alpha value is -2.72. The van der Waals surface area contributed by atoms with E-state index in [0.717, 1.165) is 6.29 Å². The lowest BCUT2D eigenvalue weighted by Crippen LogP contribution is -2.50. The highest BCUT2D eigenvalue weighted by molar-refractivity contribution is 6.31. The third-order valence-electron chi connectivity index (χ3n) is 9.43. The number of benzene rings is 2. The van der Waals surface area contributed by atoms with Crippen molar-refractivity contribution < 1.29 is 23.5 Å². The summed E-state index contributed by atoms with van der Waals surface area (Å²) in [5.41, 5.74) is 5.73. The van der Waals surface area contributed by atoms with Crippen LogP contribution in [0.25, 0.3) is 0 Å². The van der Waals surface area contributed by atoms with Gasteiger partial charge in [0.05, 0.1) is 16.5 Å². The van der Waals surface area contributed by atoms with E-state index in [1.807, 2.05) is 13.8 Å². The number of rotatable bonds is 10. The zero-order valence-electron chi connectivity index (χ0n) is 27.5. The second kappa shape index (κ2) is 14.6. The summed E-state index contributed by atoms with van der Waals surface area (Å²) < 4.78 is 21.7. The Morgan fingerprint density at radius 2 is 1.83 bits per heavy atom. The Morgan fingerprint density at radius 3 is 2.41 bits per heavy atom. The second-order valence-electron chi connectivity index (χ2n) is 14.3. The number of aldehydes is 1. The second-order valence-corrected chi connectivity index (χ2v) is 15.1. The van der Waals surface area contributed by atoms with Gasteiger partial charge < -0.3 is 31.2 Å². The van der Waals surface area contributed by atoms with Crippen LogP contribution >= 0.6 is 23.2 Å². The van der Waals surface area contributed by atoms with Crippen LogP contribution < -0.4 is 21.7 Å². The van der Waals surface area contributed by atoms with Crippen molar-refractivity contribution in [3.05, 3.63) is 63.4 Å². The molecule has 0 bridgehead atoms. The molecule has 11 heteroatoms. The molecule has 252 valence electrons. The molecule has 2 aliphatic rings. The average molecular weight is 678 g/mol. The molecule has 0 aromatic heterocycles. The molecule has 2 fully saturated rings. The largest absolute Gasteiger partial charge is 0.461 e. The number of nitrogens with one attached hydrogen (secondary N) is 3. The van der Waals surface area contributed by atoms with Crippen LogP contribution in [0.3, 0.4) is 0 Å². The normalized spacial score (nSPS) is 27.2. The molecule has 1 saturated heterocycles. The van der Waals surface area contributed by atoms with Gasteiger partial charge in [-0.15, -0.1) is 0 Å². The average Bonchev–Trinajstić information content (AvgIpc) is 3.31. The number of esters is 1. The van der Waals surface area contributed by atoms with Gasteiger partial charge in [-0.3, -0.25) is 9.59 Å². The van der Waals surface area contributed by atoms with Gasteiger partial charge in [-0.05, 0) is 72.8 Å². The maximum absolute atomic E-state index is 16.0. The lowest BCUT2D eigenvalue weighted by molar-refractivity contribution is -0.153.